The molecule has 4 heteroatoms. The maximum absolute atomic E-state index is 12.4. The standard InChI is InChI=1S/C15H13N3O/c1-2-11-3-7-17-14(9-11)18-8-5-12-4-6-16-10-13(12)15(18)19/h3-10H,2H2,1H3. The Morgan fingerprint density at radius 1 is 1.21 bits per heavy atom. The largest absolute Gasteiger partial charge is 0.268 e. The van der Waals surface area contributed by atoms with Gasteiger partial charge in [0.05, 0.1) is 5.39 Å². The normalized spacial score (nSPS) is 10.8. The Morgan fingerprint density at radius 2 is 2.11 bits per heavy atom. The maximum Gasteiger partial charge on any atom is 0.265 e. The number of rotatable bonds is 2. The molecule has 94 valence electrons. The van der Waals surface area contributed by atoms with Gasteiger partial charge in [0.1, 0.15) is 5.82 Å². The SMILES string of the molecule is CCc1ccnc(-n2ccc3ccncc3c2=O)c1. The predicted octanol–water partition coefficient (Wildman–Crippen LogP) is 2.34. The van der Waals surface area contributed by atoms with Gasteiger partial charge in [-0.2, -0.15) is 0 Å². The van der Waals surface area contributed by atoms with E-state index in [0.29, 0.717) is 11.2 Å². The zero-order chi connectivity index (χ0) is 13.2. The molecular formula is C15H13N3O. The lowest BCUT2D eigenvalue weighted by molar-refractivity contribution is 0.942. The summed E-state index contributed by atoms with van der Waals surface area (Å²) in [5.74, 6) is 0.648. The first-order valence-electron chi connectivity index (χ1n) is 6.20. The third-order valence-corrected chi connectivity index (χ3v) is 3.17. The fraction of sp³-hybridized carbons (Fsp3) is 0.133. The molecule has 19 heavy (non-hydrogen) atoms. The van der Waals surface area contributed by atoms with E-state index in [0.717, 1.165) is 17.4 Å². The molecule has 0 aliphatic rings. The van der Waals surface area contributed by atoms with Crippen LogP contribution in [0.15, 0.2) is 53.8 Å². The summed E-state index contributed by atoms with van der Waals surface area (Å²) in [6.07, 6.45) is 7.68. The van der Waals surface area contributed by atoms with Crippen LogP contribution in [-0.4, -0.2) is 14.5 Å². The second kappa shape index (κ2) is 4.65. The Bertz CT molecular complexity index is 792. The molecule has 4 nitrogen and oxygen atoms in total. The summed E-state index contributed by atoms with van der Waals surface area (Å²) in [7, 11) is 0. The summed E-state index contributed by atoms with van der Waals surface area (Å²) >= 11 is 0. The minimum atomic E-state index is -0.0913. The summed E-state index contributed by atoms with van der Waals surface area (Å²) in [5, 5.41) is 1.50. The van der Waals surface area contributed by atoms with Crippen LogP contribution < -0.4 is 5.56 Å². The Balaban J connectivity index is 2.25. The molecule has 0 radical (unpaired) electrons. The molecule has 0 bridgehead atoms. The average molecular weight is 251 g/mol. The molecule has 0 amide bonds. The highest BCUT2D eigenvalue weighted by Crippen LogP contribution is 2.10. The fourth-order valence-electron chi connectivity index (χ4n) is 2.07. The van der Waals surface area contributed by atoms with E-state index in [2.05, 4.69) is 16.9 Å². The van der Waals surface area contributed by atoms with Crippen molar-refractivity contribution in [3.8, 4) is 5.82 Å². The maximum atomic E-state index is 12.4. The molecule has 3 heterocycles. The number of hydrogen-bond donors (Lipinski definition) is 0. The van der Waals surface area contributed by atoms with Crippen molar-refractivity contribution < 1.29 is 0 Å². The molecule has 3 rings (SSSR count). The van der Waals surface area contributed by atoms with Gasteiger partial charge in [0, 0.05) is 24.8 Å². The Kier molecular flexibility index (Phi) is 2.83. The second-order valence-corrected chi connectivity index (χ2v) is 4.33. The van der Waals surface area contributed by atoms with E-state index in [9.17, 15) is 4.79 Å². The molecule has 0 spiro atoms. The van der Waals surface area contributed by atoms with E-state index in [1.54, 1.807) is 29.4 Å². The number of fused-ring (bicyclic) bond motifs is 1. The molecule has 0 aliphatic heterocycles. The van der Waals surface area contributed by atoms with Gasteiger partial charge in [0.25, 0.3) is 5.56 Å². The summed E-state index contributed by atoms with van der Waals surface area (Å²) < 4.78 is 1.56. The van der Waals surface area contributed by atoms with Crippen LogP contribution >= 0.6 is 0 Å². The summed E-state index contributed by atoms with van der Waals surface area (Å²) in [6, 6.07) is 7.62. The Hall–Kier alpha value is -2.49. The van der Waals surface area contributed by atoms with Crippen LogP contribution in [0.5, 0.6) is 0 Å². The molecule has 0 fully saturated rings. The highest BCUT2D eigenvalue weighted by Gasteiger charge is 2.05. The minimum Gasteiger partial charge on any atom is -0.268 e. The van der Waals surface area contributed by atoms with Gasteiger partial charge >= 0.3 is 0 Å². The van der Waals surface area contributed by atoms with Gasteiger partial charge in [-0.15, -0.1) is 0 Å². The number of pyridine rings is 3. The molecule has 0 N–H and O–H groups in total. The number of aromatic nitrogens is 3. The highest BCUT2D eigenvalue weighted by atomic mass is 16.1. The lowest BCUT2D eigenvalue weighted by Gasteiger charge is -2.07. The summed E-state index contributed by atoms with van der Waals surface area (Å²) in [4.78, 5) is 20.7. The van der Waals surface area contributed by atoms with Crippen molar-refractivity contribution in [1.82, 2.24) is 14.5 Å². The third kappa shape index (κ3) is 2.01. The summed E-state index contributed by atoms with van der Waals surface area (Å²) in [5.41, 5.74) is 1.06. The van der Waals surface area contributed by atoms with Crippen LogP contribution in [0.25, 0.3) is 16.6 Å². The van der Waals surface area contributed by atoms with Gasteiger partial charge in [0.15, 0.2) is 0 Å². The van der Waals surface area contributed by atoms with Crippen molar-refractivity contribution in [2.45, 2.75) is 13.3 Å². The first-order valence-corrected chi connectivity index (χ1v) is 6.20. The molecule has 0 unspecified atom stereocenters. The zero-order valence-corrected chi connectivity index (χ0v) is 10.6. The van der Waals surface area contributed by atoms with Crippen molar-refractivity contribution in [1.29, 1.82) is 0 Å². The second-order valence-electron chi connectivity index (χ2n) is 4.33. The molecular weight excluding hydrogens is 238 g/mol. The van der Waals surface area contributed by atoms with E-state index in [1.165, 1.54) is 0 Å². The number of aryl methyl sites for hydroxylation is 1. The van der Waals surface area contributed by atoms with Gasteiger partial charge in [-0.1, -0.05) is 6.92 Å². The zero-order valence-electron chi connectivity index (χ0n) is 10.6. The van der Waals surface area contributed by atoms with Crippen LogP contribution in [0.1, 0.15) is 12.5 Å². The van der Waals surface area contributed by atoms with Crippen molar-refractivity contribution in [3.05, 3.63) is 65.0 Å². The summed E-state index contributed by atoms with van der Waals surface area (Å²) in [6.45, 7) is 2.08. The van der Waals surface area contributed by atoms with Crippen molar-refractivity contribution in [2.75, 3.05) is 0 Å². The van der Waals surface area contributed by atoms with Gasteiger partial charge < -0.3 is 0 Å². The van der Waals surface area contributed by atoms with E-state index in [-0.39, 0.29) is 5.56 Å². The average Bonchev–Trinajstić information content (AvgIpc) is 2.48. The molecule has 0 aromatic carbocycles. The number of hydrogen-bond acceptors (Lipinski definition) is 3. The van der Waals surface area contributed by atoms with Gasteiger partial charge in [-0.3, -0.25) is 14.3 Å². The Morgan fingerprint density at radius 3 is 2.95 bits per heavy atom. The quantitative estimate of drug-likeness (QED) is 0.702. The lowest BCUT2D eigenvalue weighted by Crippen LogP contribution is -2.18. The molecule has 0 atom stereocenters. The smallest absolute Gasteiger partial charge is 0.265 e. The highest BCUT2D eigenvalue weighted by molar-refractivity contribution is 5.80. The molecule has 3 aromatic heterocycles. The first-order chi connectivity index (χ1) is 9.29. The van der Waals surface area contributed by atoms with Crippen LogP contribution in [0.3, 0.4) is 0 Å². The van der Waals surface area contributed by atoms with Crippen LogP contribution in [0, 0.1) is 0 Å². The van der Waals surface area contributed by atoms with E-state index in [1.807, 2.05) is 24.3 Å². The topological polar surface area (TPSA) is 47.8 Å². The first kappa shape index (κ1) is 11.6. The van der Waals surface area contributed by atoms with Crippen LogP contribution in [0.2, 0.25) is 0 Å². The van der Waals surface area contributed by atoms with Crippen molar-refractivity contribution in [3.63, 3.8) is 0 Å². The Labute approximate surface area is 110 Å². The monoisotopic (exact) mass is 251 g/mol. The van der Waals surface area contributed by atoms with Gasteiger partial charge in [0.2, 0.25) is 0 Å². The molecule has 0 aliphatic carbocycles. The lowest BCUT2D eigenvalue weighted by atomic mass is 10.2. The molecule has 3 aromatic rings. The van der Waals surface area contributed by atoms with Crippen LogP contribution in [-0.2, 0) is 6.42 Å². The minimum absolute atomic E-state index is 0.0913. The van der Waals surface area contributed by atoms with Gasteiger partial charge in [-0.25, -0.2) is 4.98 Å². The molecule has 0 saturated heterocycles. The van der Waals surface area contributed by atoms with Crippen LogP contribution in [0.4, 0.5) is 0 Å². The third-order valence-electron chi connectivity index (χ3n) is 3.17. The van der Waals surface area contributed by atoms with Gasteiger partial charge in [-0.05, 0) is 41.6 Å². The van der Waals surface area contributed by atoms with E-state index in [4.69, 9.17) is 0 Å². The van der Waals surface area contributed by atoms with Crippen molar-refractivity contribution >= 4 is 10.8 Å². The van der Waals surface area contributed by atoms with E-state index < -0.39 is 0 Å². The fourth-order valence-corrected chi connectivity index (χ4v) is 2.07. The van der Waals surface area contributed by atoms with Crippen molar-refractivity contribution in [2.24, 2.45) is 0 Å². The molecule has 0 saturated carbocycles. The predicted molar refractivity (Wildman–Crippen MR) is 74.5 cm³/mol. The number of nitrogens with zero attached hydrogens (tertiary/aromatic N) is 3. The van der Waals surface area contributed by atoms with E-state index >= 15 is 0 Å².